The number of hydrogen-bond donors (Lipinski definition) is 2. The van der Waals surface area contributed by atoms with Gasteiger partial charge in [-0.2, -0.15) is 11.8 Å². The van der Waals surface area contributed by atoms with Gasteiger partial charge in [0.15, 0.2) is 0 Å². The number of amides is 1. The quantitative estimate of drug-likeness (QED) is 0.723. The third-order valence-corrected chi connectivity index (χ3v) is 6.65. The number of rotatable bonds is 8. The number of nitrogens with one attached hydrogen (secondary N) is 2. The van der Waals surface area contributed by atoms with Gasteiger partial charge in [0, 0.05) is 11.3 Å². The van der Waals surface area contributed by atoms with Crippen LogP contribution in [0.25, 0.3) is 0 Å². The van der Waals surface area contributed by atoms with E-state index < -0.39 is 0 Å². The van der Waals surface area contributed by atoms with Crippen LogP contribution in [0.4, 0.5) is 0 Å². The Bertz CT molecular complexity index is 283. The van der Waals surface area contributed by atoms with Crippen molar-refractivity contribution in [3.63, 3.8) is 0 Å². The molecule has 4 heteroatoms. The summed E-state index contributed by atoms with van der Waals surface area (Å²) in [5.41, 5.74) is -0.119. The molecule has 0 atom stereocenters. The first kappa shape index (κ1) is 17.8. The van der Waals surface area contributed by atoms with Gasteiger partial charge in [-0.1, -0.05) is 27.2 Å². The molecule has 2 N–H and O–H groups in total. The average Bonchev–Trinajstić information content (AvgIpc) is 2.50. The van der Waals surface area contributed by atoms with Crippen molar-refractivity contribution in [2.75, 3.05) is 25.9 Å². The van der Waals surface area contributed by atoms with Crippen LogP contribution in [-0.2, 0) is 4.79 Å². The average molecular weight is 301 g/mol. The smallest absolute Gasteiger partial charge is 0.226 e. The summed E-state index contributed by atoms with van der Waals surface area (Å²) in [6.45, 7) is 9.38. The SMILES string of the molecule is CCCC1(C(=O)NCC(CC)(CC)SC)CCNCC1. The van der Waals surface area contributed by atoms with Crippen molar-refractivity contribution in [2.45, 2.75) is 64.0 Å². The summed E-state index contributed by atoms with van der Waals surface area (Å²) in [4.78, 5) is 12.8. The molecule has 3 nitrogen and oxygen atoms in total. The van der Waals surface area contributed by atoms with E-state index in [-0.39, 0.29) is 10.2 Å². The lowest BCUT2D eigenvalue weighted by atomic mass is 9.74. The van der Waals surface area contributed by atoms with Crippen LogP contribution in [-0.4, -0.2) is 36.5 Å². The molecule has 0 aromatic carbocycles. The second kappa shape index (κ2) is 8.28. The Morgan fingerprint density at radius 1 is 1.25 bits per heavy atom. The number of hydrogen-bond acceptors (Lipinski definition) is 3. The Kier molecular flexibility index (Phi) is 7.38. The summed E-state index contributed by atoms with van der Waals surface area (Å²) < 4.78 is 0.204. The molecule has 1 rings (SSSR count). The highest BCUT2D eigenvalue weighted by Crippen LogP contribution is 2.35. The van der Waals surface area contributed by atoms with Crippen LogP contribution < -0.4 is 10.6 Å². The normalized spacial score (nSPS) is 18.8. The predicted octanol–water partition coefficient (Wildman–Crippen LogP) is 3.19. The van der Waals surface area contributed by atoms with Crippen molar-refractivity contribution in [1.29, 1.82) is 0 Å². The van der Waals surface area contributed by atoms with E-state index in [0.717, 1.165) is 58.2 Å². The van der Waals surface area contributed by atoms with Gasteiger partial charge >= 0.3 is 0 Å². The molecule has 1 amide bonds. The fourth-order valence-electron chi connectivity index (χ4n) is 3.26. The molecule has 1 fully saturated rings. The lowest BCUT2D eigenvalue weighted by molar-refractivity contribution is -0.133. The van der Waals surface area contributed by atoms with Crippen molar-refractivity contribution < 1.29 is 4.79 Å². The molecule has 0 aliphatic carbocycles. The minimum absolute atomic E-state index is 0.119. The standard InChI is InChI=1S/C16H32N2OS/c1-5-8-15(9-11-17-12-10-15)14(19)18-13-16(6-2,7-3)20-4/h17H,5-13H2,1-4H3,(H,18,19). The molecule has 0 aromatic rings. The zero-order valence-corrected chi connectivity index (χ0v) is 14.5. The van der Waals surface area contributed by atoms with Crippen LogP contribution in [0.3, 0.4) is 0 Å². The number of carbonyl (C=O) groups excluding carboxylic acids is 1. The van der Waals surface area contributed by atoms with Gasteiger partial charge in [-0.05, 0) is 51.4 Å². The zero-order valence-electron chi connectivity index (χ0n) is 13.7. The number of piperidine rings is 1. The maximum absolute atomic E-state index is 12.8. The number of thioether (sulfide) groups is 1. The fourth-order valence-corrected chi connectivity index (χ4v) is 4.06. The van der Waals surface area contributed by atoms with Crippen molar-refractivity contribution in [3.05, 3.63) is 0 Å². The van der Waals surface area contributed by atoms with E-state index in [1.807, 2.05) is 11.8 Å². The highest BCUT2D eigenvalue weighted by atomic mass is 32.2. The maximum atomic E-state index is 12.8. The van der Waals surface area contributed by atoms with E-state index in [2.05, 4.69) is 37.7 Å². The van der Waals surface area contributed by atoms with Gasteiger partial charge in [-0.25, -0.2) is 0 Å². The summed E-state index contributed by atoms with van der Waals surface area (Å²) >= 11 is 1.89. The molecule has 20 heavy (non-hydrogen) atoms. The van der Waals surface area contributed by atoms with Crippen LogP contribution >= 0.6 is 11.8 Å². The largest absolute Gasteiger partial charge is 0.354 e. The lowest BCUT2D eigenvalue weighted by Crippen LogP contribution is -2.50. The maximum Gasteiger partial charge on any atom is 0.226 e. The number of carbonyl (C=O) groups is 1. The fraction of sp³-hybridized carbons (Fsp3) is 0.938. The Morgan fingerprint density at radius 3 is 2.30 bits per heavy atom. The van der Waals surface area contributed by atoms with E-state index in [1.165, 1.54) is 0 Å². The van der Waals surface area contributed by atoms with Crippen LogP contribution in [0.2, 0.25) is 0 Å². The van der Waals surface area contributed by atoms with Crippen molar-refractivity contribution in [2.24, 2.45) is 5.41 Å². The molecule has 0 radical (unpaired) electrons. The van der Waals surface area contributed by atoms with Gasteiger partial charge in [-0.3, -0.25) is 4.79 Å². The molecule has 0 spiro atoms. The Hall–Kier alpha value is -0.220. The molecule has 1 aliphatic rings. The summed E-state index contributed by atoms with van der Waals surface area (Å²) in [7, 11) is 0. The van der Waals surface area contributed by atoms with Gasteiger partial charge < -0.3 is 10.6 Å². The van der Waals surface area contributed by atoms with Crippen LogP contribution in [0.5, 0.6) is 0 Å². The highest BCUT2D eigenvalue weighted by molar-refractivity contribution is 8.00. The Balaban J connectivity index is 2.67. The second-order valence-electron chi connectivity index (χ2n) is 6.06. The van der Waals surface area contributed by atoms with E-state index >= 15 is 0 Å². The van der Waals surface area contributed by atoms with Crippen molar-refractivity contribution in [3.8, 4) is 0 Å². The zero-order chi connectivity index (χ0) is 15.1. The van der Waals surface area contributed by atoms with E-state index in [0.29, 0.717) is 5.91 Å². The second-order valence-corrected chi connectivity index (χ2v) is 7.33. The minimum Gasteiger partial charge on any atom is -0.354 e. The molecule has 1 heterocycles. The molecular weight excluding hydrogens is 268 g/mol. The van der Waals surface area contributed by atoms with Crippen molar-refractivity contribution >= 4 is 17.7 Å². The molecule has 0 saturated carbocycles. The summed E-state index contributed by atoms with van der Waals surface area (Å²) in [6.07, 6.45) is 8.44. The molecule has 0 unspecified atom stereocenters. The van der Waals surface area contributed by atoms with Gasteiger partial charge in [0.2, 0.25) is 5.91 Å². The topological polar surface area (TPSA) is 41.1 Å². The lowest BCUT2D eigenvalue weighted by Gasteiger charge is -2.38. The van der Waals surface area contributed by atoms with E-state index in [4.69, 9.17) is 0 Å². The molecule has 1 aliphatic heterocycles. The van der Waals surface area contributed by atoms with Crippen LogP contribution in [0.1, 0.15) is 59.3 Å². The summed E-state index contributed by atoms with van der Waals surface area (Å²) in [6, 6.07) is 0. The molecule has 0 bridgehead atoms. The third kappa shape index (κ3) is 4.14. The van der Waals surface area contributed by atoms with Crippen LogP contribution in [0.15, 0.2) is 0 Å². The monoisotopic (exact) mass is 300 g/mol. The predicted molar refractivity (Wildman–Crippen MR) is 89.3 cm³/mol. The van der Waals surface area contributed by atoms with Gasteiger partial charge in [-0.15, -0.1) is 0 Å². The molecule has 0 aromatic heterocycles. The first-order valence-corrected chi connectivity index (χ1v) is 9.34. The highest BCUT2D eigenvalue weighted by Gasteiger charge is 2.39. The van der Waals surface area contributed by atoms with Crippen LogP contribution in [0, 0.1) is 5.41 Å². The van der Waals surface area contributed by atoms with E-state index in [1.54, 1.807) is 0 Å². The minimum atomic E-state index is -0.119. The molecule has 1 saturated heterocycles. The van der Waals surface area contributed by atoms with Gasteiger partial charge in [0.25, 0.3) is 0 Å². The first-order valence-electron chi connectivity index (χ1n) is 8.12. The summed E-state index contributed by atoms with van der Waals surface area (Å²) in [5, 5.41) is 6.66. The Labute approximate surface area is 129 Å². The summed E-state index contributed by atoms with van der Waals surface area (Å²) in [5.74, 6) is 0.293. The Morgan fingerprint density at radius 2 is 1.85 bits per heavy atom. The molecular formula is C16H32N2OS. The first-order chi connectivity index (χ1) is 9.58. The van der Waals surface area contributed by atoms with Gasteiger partial charge in [0.05, 0.1) is 5.41 Å². The molecule has 118 valence electrons. The van der Waals surface area contributed by atoms with Gasteiger partial charge in [0.1, 0.15) is 0 Å². The van der Waals surface area contributed by atoms with E-state index in [9.17, 15) is 4.79 Å². The van der Waals surface area contributed by atoms with Crippen molar-refractivity contribution in [1.82, 2.24) is 10.6 Å². The third-order valence-electron chi connectivity index (χ3n) is 5.06.